The summed E-state index contributed by atoms with van der Waals surface area (Å²) < 4.78 is 28.5. The van der Waals surface area contributed by atoms with Crippen LogP contribution in [0.15, 0.2) is 71.9 Å². The van der Waals surface area contributed by atoms with Gasteiger partial charge in [-0.05, 0) is 31.2 Å². The molecule has 0 N–H and O–H groups in total. The molecular formula is C19H19N3O3S. The minimum absolute atomic E-state index is 0.100. The Morgan fingerprint density at radius 2 is 1.85 bits per heavy atom. The molecule has 3 aromatic rings. The number of benzene rings is 2. The van der Waals surface area contributed by atoms with Crippen molar-refractivity contribution in [2.75, 3.05) is 7.05 Å². The quantitative estimate of drug-likeness (QED) is 0.626. The Balaban J connectivity index is 1.81. The molecule has 0 saturated heterocycles. The van der Waals surface area contributed by atoms with Gasteiger partial charge >= 0.3 is 0 Å². The second kappa shape index (κ2) is 7.23. The third-order valence-corrected chi connectivity index (χ3v) is 5.81. The van der Waals surface area contributed by atoms with Crippen LogP contribution in [0.2, 0.25) is 0 Å². The fourth-order valence-electron chi connectivity index (χ4n) is 2.56. The van der Waals surface area contributed by atoms with Crippen molar-refractivity contribution in [2.45, 2.75) is 18.4 Å². The number of ketones is 1. The average Bonchev–Trinajstić information content (AvgIpc) is 3.11. The van der Waals surface area contributed by atoms with E-state index in [4.69, 9.17) is 0 Å². The molecule has 0 amide bonds. The zero-order chi connectivity index (χ0) is 18.7. The van der Waals surface area contributed by atoms with Crippen molar-refractivity contribution in [1.29, 1.82) is 0 Å². The molecule has 6 nitrogen and oxygen atoms in total. The van der Waals surface area contributed by atoms with E-state index in [1.165, 1.54) is 30.4 Å². The molecule has 0 atom stereocenters. The number of carbonyl (C=O) groups excluding carboxylic acids is 1. The van der Waals surface area contributed by atoms with Crippen molar-refractivity contribution >= 4 is 15.8 Å². The van der Waals surface area contributed by atoms with Gasteiger partial charge in [-0.25, -0.2) is 13.1 Å². The zero-order valence-electron chi connectivity index (χ0n) is 14.5. The summed E-state index contributed by atoms with van der Waals surface area (Å²) in [5.74, 6) is -0.172. The molecule has 134 valence electrons. The number of nitrogens with zero attached hydrogens (tertiary/aromatic N) is 3. The number of Topliss-reactive ketones (excluding diaryl/α,β-unsaturated/α-hetero) is 1. The van der Waals surface area contributed by atoms with E-state index in [0.29, 0.717) is 5.56 Å². The minimum atomic E-state index is -3.70. The van der Waals surface area contributed by atoms with Crippen molar-refractivity contribution in [1.82, 2.24) is 14.1 Å². The summed E-state index contributed by atoms with van der Waals surface area (Å²) in [6.07, 6.45) is 3.44. The van der Waals surface area contributed by atoms with Gasteiger partial charge in [0.1, 0.15) is 0 Å². The van der Waals surface area contributed by atoms with E-state index in [9.17, 15) is 13.2 Å². The first-order chi connectivity index (χ1) is 12.4. The molecule has 1 heterocycles. The molecular weight excluding hydrogens is 350 g/mol. The first-order valence-corrected chi connectivity index (χ1v) is 9.48. The second-order valence-electron chi connectivity index (χ2n) is 5.97. The van der Waals surface area contributed by atoms with Gasteiger partial charge in [-0.2, -0.15) is 9.40 Å². The van der Waals surface area contributed by atoms with Gasteiger partial charge in [-0.1, -0.05) is 30.3 Å². The first kappa shape index (κ1) is 18.0. The standard InChI is InChI=1S/C19H19N3O3S/c1-15(23)17-7-6-10-19(11-17)26(24,25)21(2)13-16-12-20-22(14-16)18-8-4-3-5-9-18/h3-12,14H,13H2,1-2H3. The van der Waals surface area contributed by atoms with Crippen LogP contribution in [0, 0.1) is 0 Å². The monoisotopic (exact) mass is 369 g/mol. The van der Waals surface area contributed by atoms with Crippen LogP contribution in [0.1, 0.15) is 22.8 Å². The number of hydrogen-bond donors (Lipinski definition) is 0. The predicted molar refractivity (Wildman–Crippen MR) is 98.7 cm³/mol. The Morgan fingerprint density at radius 1 is 1.12 bits per heavy atom. The molecule has 26 heavy (non-hydrogen) atoms. The Labute approximate surface area is 152 Å². The van der Waals surface area contributed by atoms with Crippen molar-refractivity contribution in [3.63, 3.8) is 0 Å². The highest BCUT2D eigenvalue weighted by atomic mass is 32.2. The van der Waals surface area contributed by atoms with Gasteiger partial charge in [-0.3, -0.25) is 4.79 Å². The summed E-state index contributed by atoms with van der Waals surface area (Å²) in [7, 11) is -2.19. The van der Waals surface area contributed by atoms with E-state index >= 15 is 0 Å². The van der Waals surface area contributed by atoms with E-state index in [-0.39, 0.29) is 17.2 Å². The summed E-state index contributed by atoms with van der Waals surface area (Å²) in [6.45, 7) is 1.59. The highest BCUT2D eigenvalue weighted by molar-refractivity contribution is 7.89. The third-order valence-electron chi connectivity index (χ3n) is 4.01. The van der Waals surface area contributed by atoms with Gasteiger partial charge < -0.3 is 0 Å². The van der Waals surface area contributed by atoms with E-state index in [1.807, 2.05) is 30.3 Å². The largest absolute Gasteiger partial charge is 0.295 e. The van der Waals surface area contributed by atoms with Gasteiger partial charge in [0.05, 0.1) is 16.8 Å². The van der Waals surface area contributed by atoms with Crippen molar-refractivity contribution < 1.29 is 13.2 Å². The van der Waals surface area contributed by atoms with Crippen LogP contribution >= 0.6 is 0 Å². The summed E-state index contributed by atoms with van der Waals surface area (Å²) >= 11 is 0. The normalized spacial score (nSPS) is 11.7. The van der Waals surface area contributed by atoms with Crippen molar-refractivity contribution in [3.8, 4) is 5.69 Å². The van der Waals surface area contributed by atoms with E-state index in [2.05, 4.69) is 5.10 Å². The average molecular weight is 369 g/mol. The van der Waals surface area contributed by atoms with Gasteiger partial charge in [0.2, 0.25) is 10.0 Å². The molecule has 0 aliphatic heterocycles. The molecule has 0 saturated carbocycles. The fourth-order valence-corrected chi connectivity index (χ4v) is 3.77. The molecule has 2 aromatic carbocycles. The Kier molecular flexibility index (Phi) is 5.01. The first-order valence-electron chi connectivity index (χ1n) is 8.04. The second-order valence-corrected chi connectivity index (χ2v) is 8.02. The van der Waals surface area contributed by atoms with Crippen LogP contribution in [0.4, 0.5) is 0 Å². The van der Waals surface area contributed by atoms with Crippen LogP contribution in [0.25, 0.3) is 5.69 Å². The van der Waals surface area contributed by atoms with Crippen molar-refractivity contribution in [3.05, 3.63) is 78.1 Å². The number of aromatic nitrogens is 2. The molecule has 0 bridgehead atoms. The lowest BCUT2D eigenvalue weighted by atomic mass is 10.2. The van der Waals surface area contributed by atoms with Crippen molar-refractivity contribution in [2.24, 2.45) is 0 Å². The van der Waals surface area contributed by atoms with Gasteiger partial charge in [0, 0.05) is 30.9 Å². The lowest BCUT2D eigenvalue weighted by Crippen LogP contribution is -2.26. The maximum Gasteiger partial charge on any atom is 0.243 e. The van der Waals surface area contributed by atoms with E-state index in [0.717, 1.165) is 11.3 Å². The van der Waals surface area contributed by atoms with Crippen LogP contribution in [0.3, 0.4) is 0 Å². The molecule has 0 spiro atoms. The van der Waals surface area contributed by atoms with Crippen LogP contribution in [0.5, 0.6) is 0 Å². The molecule has 0 radical (unpaired) electrons. The molecule has 1 aromatic heterocycles. The van der Waals surface area contributed by atoms with Crippen LogP contribution in [-0.2, 0) is 16.6 Å². The van der Waals surface area contributed by atoms with Crippen LogP contribution in [-0.4, -0.2) is 35.3 Å². The highest BCUT2D eigenvalue weighted by Crippen LogP contribution is 2.19. The molecule has 0 aliphatic rings. The molecule has 7 heteroatoms. The summed E-state index contributed by atoms with van der Waals surface area (Å²) in [5, 5.41) is 4.28. The molecule has 3 rings (SSSR count). The maximum absolute atomic E-state index is 12.8. The fraction of sp³-hybridized carbons (Fsp3) is 0.158. The summed E-state index contributed by atoms with van der Waals surface area (Å²) in [5.41, 5.74) is 2.04. The summed E-state index contributed by atoms with van der Waals surface area (Å²) in [4.78, 5) is 11.6. The van der Waals surface area contributed by atoms with E-state index in [1.54, 1.807) is 29.2 Å². The Bertz CT molecular complexity index is 1030. The number of carbonyl (C=O) groups is 1. The molecule has 0 unspecified atom stereocenters. The maximum atomic E-state index is 12.8. The number of hydrogen-bond acceptors (Lipinski definition) is 4. The lowest BCUT2D eigenvalue weighted by molar-refractivity contribution is 0.101. The smallest absolute Gasteiger partial charge is 0.243 e. The third kappa shape index (κ3) is 3.74. The van der Waals surface area contributed by atoms with Gasteiger partial charge in [0.15, 0.2) is 5.78 Å². The SMILES string of the molecule is CC(=O)c1cccc(S(=O)(=O)N(C)Cc2cnn(-c3ccccc3)c2)c1. The highest BCUT2D eigenvalue weighted by Gasteiger charge is 2.22. The predicted octanol–water partition coefficient (Wildman–Crippen LogP) is 2.90. The topological polar surface area (TPSA) is 72.3 Å². The summed E-state index contributed by atoms with van der Waals surface area (Å²) in [6, 6.07) is 15.7. The van der Waals surface area contributed by atoms with Crippen LogP contribution < -0.4 is 0 Å². The van der Waals surface area contributed by atoms with E-state index < -0.39 is 10.0 Å². The molecule has 0 aliphatic carbocycles. The van der Waals surface area contributed by atoms with Gasteiger partial charge in [-0.15, -0.1) is 0 Å². The minimum Gasteiger partial charge on any atom is -0.295 e. The van der Waals surface area contributed by atoms with Gasteiger partial charge in [0.25, 0.3) is 0 Å². The number of para-hydroxylation sites is 1. The Hall–Kier alpha value is -2.77. The Morgan fingerprint density at radius 3 is 2.54 bits per heavy atom. The zero-order valence-corrected chi connectivity index (χ0v) is 15.3. The molecule has 0 fully saturated rings. The number of rotatable bonds is 6. The lowest BCUT2D eigenvalue weighted by Gasteiger charge is -2.16. The number of sulfonamides is 1.